The van der Waals surface area contributed by atoms with E-state index in [4.69, 9.17) is 4.52 Å². The Morgan fingerprint density at radius 1 is 1.35 bits per heavy atom. The lowest BCUT2D eigenvalue weighted by molar-refractivity contribution is 0.412. The van der Waals surface area contributed by atoms with Gasteiger partial charge in [-0.3, -0.25) is 0 Å². The normalized spacial score (nSPS) is 11.5. The number of unbranched alkanes of at least 4 members (excludes halogenated alkanes) is 2. The summed E-state index contributed by atoms with van der Waals surface area (Å²) in [4.78, 5) is 4.43. The fourth-order valence-electron chi connectivity index (χ4n) is 1.40. The van der Waals surface area contributed by atoms with Crippen LogP contribution >= 0.6 is 0 Å². The summed E-state index contributed by atoms with van der Waals surface area (Å²) in [6, 6.07) is 1.82. The summed E-state index contributed by atoms with van der Waals surface area (Å²) in [5.41, 5.74) is 0.843. The molecule has 1 rings (SSSR count). The summed E-state index contributed by atoms with van der Waals surface area (Å²) in [7, 11) is 0. The number of guanidine groups is 1. The molecule has 2 N–H and O–H groups in total. The SMILES string of the molecule is CCCCCNC(=NCc1ccon1)NCC. The second-order valence-corrected chi connectivity index (χ2v) is 3.82. The molecule has 5 nitrogen and oxygen atoms in total. The molecule has 0 radical (unpaired) electrons. The predicted octanol–water partition coefficient (Wildman–Crippen LogP) is 1.92. The molecule has 17 heavy (non-hydrogen) atoms. The fraction of sp³-hybridized carbons (Fsp3) is 0.667. The highest BCUT2D eigenvalue weighted by Crippen LogP contribution is 1.96. The minimum atomic E-state index is 0.541. The maximum Gasteiger partial charge on any atom is 0.191 e. The zero-order chi connectivity index (χ0) is 12.3. The van der Waals surface area contributed by atoms with Gasteiger partial charge in [0.25, 0.3) is 0 Å². The maximum atomic E-state index is 4.76. The first-order valence-electron chi connectivity index (χ1n) is 6.28. The van der Waals surface area contributed by atoms with Gasteiger partial charge in [-0.2, -0.15) is 0 Å². The molecule has 0 atom stereocenters. The lowest BCUT2D eigenvalue weighted by Gasteiger charge is -2.10. The molecule has 0 saturated heterocycles. The van der Waals surface area contributed by atoms with Crippen LogP contribution in [0.3, 0.4) is 0 Å². The van der Waals surface area contributed by atoms with Gasteiger partial charge in [0.15, 0.2) is 5.96 Å². The Bertz CT molecular complexity index is 308. The van der Waals surface area contributed by atoms with E-state index in [0.717, 1.165) is 24.7 Å². The van der Waals surface area contributed by atoms with E-state index in [2.05, 4.69) is 34.6 Å². The van der Waals surface area contributed by atoms with Crippen molar-refractivity contribution in [2.24, 2.45) is 4.99 Å². The van der Waals surface area contributed by atoms with Crippen molar-refractivity contribution in [2.75, 3.05) is 13.1 Å². The number of aliphatic imine (C=N–C) groups is 1. The smallest absolute Gasteiger partial charge is 0.191 e. The molecule has 0 aromatic carbocycles. The molecule has 0 unspecified atom stereocenters. The summed E-state index contributed by atoms with van der Waals surface area (Å²) in [6.07, 6.45) is 5.21. The summed E-state index contributed by atoms with van der Waals surface area (Å²) < 4.78 is 4.76. The average Bonchev–Trinajstić information content (AvgIpc) is 2.84. The van der Waals surface area contributed by atoms with E-state index >= 15 is 0 Å². The van der Waals surface area contributed by atoms with Gasteiger partial charge < -0.3 is 15.2 Å². The van der Waals surface area contributed by atoms with E-state index in [9.17, 15) is 0 Å². The van der Waals surface area contributed by atoms with Crippen LogP contribution in [-0.4, -0.2) is 24.2 Å². The quantitative estimate of drug-likeness (QED) is 0.433. The van der Waals surface area contributed by atoms with Gasteiger partial charge in [-0.05, 0) is 13.3 Å². The van der Waals surface area contributed by atoms with E-state index < -0.39 is 0 Å². The van der Waals surface area contributed by atoms with Gasteiger partial charge in [-0.1, -0.05) is 24.9 Å². The van der Waals surface area contributed by atoms with E-state index in [1.165, 1.54) is 19.3 Å². The molecule has 0 fully saturated rings. The van der Waals surface area contributed by atoms with E-state index in [1.54, 1.807) is 6.26 Å². The van der Waals surface area contributed by atoms with Crippen molar-refractivity contribution in [1.29, 1.82) is 0 Å². The molecule has 0 bridgehead atoms. The molecule has 96 valence electrons. The summed E-state index contributed by atoms with van der Waals surface area (Å²) in [5.74, 6) is 0.839. The van der Waals surface area contributed by atoms with Crippen molar-refractivity contribution in [2.45, 2.75) is 39.7 Å². The Kier molecular flexibility index (Phi) is 6.86. The van der Waals surface area contributed by atoms with E-state index in [-0.39, 0.29) is 0 Å². The number of nitrogens with one attached hydrogen (secondary N) is 2. The highest BCUT2D eigenvalue weighted by molar-refractivity contribution is 5.79. The highest BCUT2D eigenvalue weighted by Gasteiger charge is 1.98. The number of hydrogen-bond donors (Lipinski definition) is 2. The Hall–Kier alpha value is -1.52. The molecular weight excluding hydrogens is 216 g/mol. The van der Waals surface area contributed by atoms with Crippen molar-refractivity contribution in [3.8, 4) is 0 Å². The van der Waals surface area contributed by atoms with Gasteiger partial charge in [0.1, 0.15) is 12.0 Å². The third-order valence-corrected chi connectivity index (χ3v) is 2.31. The van der Waals surface area contributed by atoms with Crippen molar-refractivity contribution in [3.63, 3.8) is 0 Å². The van der Waals surface area contributed by atoms with Crippen LogP contribution in [0, 0.1) is 0 Å². The first-order chi connectivity index (χ1) is 8.36. The standard InChI is InChI=1S/C12H22N4O/c1-3-5-6-8-14-12(13-4-2)15-10-11-7-9-17-16-11/h7,9H,3-6,8,10H2,1-2H3,(H2,13,14,15). The minimum absolute atomic E-state index is 0.541. The Labute approximate surface area is 103 Å². The summed E-state index contributed by atoms with van der Waals surface area (Å²) >= 11 is 0. The fourth-order valence-corrected chi connectivity index (χ4v) is 1.40. The molecule has 0 amide bonds. The molecular formula is C12H22N4O. The van der Waals surface area contributed by atoms with Gasteiger partial charge in [0, 0.05) is 19.2 Å². The highest BCUT2D eigenvalue weighted by atomic mass is 16.5. The maximum absolute atomic E-state index is 4.76. The third-order valence-electron chi connectivity index (χ3n) is 2.31. The minimum Gasteiger partial charge on any atom is -0.364 e. The lowest BCUT2D eigenvalue weighted by atomic mass is 10.2. The average molecular weight is 238 g/mol. The van der Waals surface area contributed by atoms with Crippen LogP contribution in [0.5, 0.6) is 0 Å². The van der Waals surface area contributed by atoms with Crippen LogP contribution < -0.4 is 10.6 Å². The first-order valence-corrected chi connectivity index (χ1v) is 6.28. The van der Waals surface area contributed by atoms with Gasteiger partial charge in [-0.15, -0.1) is 0 Å². The molecule has 5 heteroatoms. The zero-order valence-electron chi connectivity index (χ0n) is 10.7. The molecule has 0 aliphatic carbocycles. The number of hydrogen-bond acceptors (Lipinski definition) is 3. The third kappa shape index (κ3) is 5.94. The Morgan fingerprint density at radius 2 is 2.24 bits per heavy atom. The lowest BCUT2D eigenvalue weighted by Crippen LogP contribution is -2.37. The molecule has 0 aliphatic heterocycles. The van der Waals surface area contributed by atoms with E-state index in [1.807, 2.05) is 6.07 Å². The Balaban J connectivity index is 2.33. The van der Waals surface area contributed by atoms with Gasteiger partial charge in [0.2, 0.25) is 0 Å². The number of nitrogens with zero attached hydrogens (tertiary/aromatic N) is 2. The molecule has 1 aromatic rings. The van der Waals surface area contributed by atoms with Crippen LogP contribution in [0.15, 0.2) is 21.8 Å². The van der Waals surface area contributed by atoms with Crippen LogP contribution in [0.25, 0.3) is 0 Å². The van der Waals surface area contributed by atoms with Crippen LogP contribution in [0.2, 0.25) is 0 Å². The molecule has 0 spiro atoms. The monoisotopic (exact) mass is 238 g/mol. The topological polar surface area (TPSA) is 62.5 Å². The predicted molar refractivity (Wildman–Crippen MR) is 68.8 cm³/mol. The van der Waals surface area contributed by atoms with Crippen molar-refractivity contribution >= 4 is 5.96 Å². The first kappa shape index (κ1) is 13.5. The summed E-state index contributed by atoms with van der Waals surface area (Å²) in [5, 5.41) is 10.3. The molecule has 1 heterocycles. The number of aromatic nitrogens is 1. The van der Waals surface area contributed by atoms with Crippen molar-refractivity contribution in [3.05, 3.63) is 18.0 Å². The summed E-state index contributed by atoms with van der Waals surface area (Å²) in [6.45, 7) is 6.61. The second kappa shape index (κ2) is 8.61. The van der Waals surface area contributed by atoms with E-state index in [0.29, 0.717) is 6.54 Å². The van der Waals surface area contributed by atoms with Gasteiger partial charge in [-0.25, -0.2) is 4.99 Å². The van der Waals surface area contributed by atoms with Crippen LogP contribution in [0.4, 0.5) is 0 Å². The van der Waals surface area contributed by atoms with Crippen molar-refractivity contribution < 1.29 is 4.52 Å². The molecule has 0 aliphatic rings. The van der Waals surface area contributed by atoms with Crippen LogP contribution in [-0.2, 0) is 6.54 Å². The number of rotatable bonds is 7. The van der Waals surface area contributed by atoms with Gasteiger partial charge >= 0.3 is 0 Å². The largest absolute Gasteiger partial charge is 0.364 e. The van der Waals surface area contributed by atoms with Gasteiger partial charge in [0.05, 0.1) is 6.54 Å². The van der Waals surface area contributed by atoms with Crippen LogP contribution in [0.1, 0.15) is 38.8 Å². The second-order valence-electron chi connectivity index (χ2n) is 3.82. The zero-order valence-corrected chi connectivity index (χ0v) is 10.7. The molecule has 0 saturated carbocycles. The molecule has 1 aromatic heterocycles. The Morgan fingerprint density at radius 3 is 2.88 bits per heavy atom. The van der Waals surface area contributed by atoms with Crippen molar-refractivity contribution in [1.82, 2.24) is 15.8 Å².